The minimum Gasteiger partial charge on any atom is -0.398 e. The molecule has 5 fully saturated rings. The van der Waals surface area contributed by atoms with E-state index in [-0.39, 0.29) is 24.1 Å². The van der Waals surface area contributed by atoms with Crippen LogP contribution in [-0.4, -0.2) is 113 Å². The molecule has 6 aliphatic heterocycles. The molecule has 2 bridgehead atoms. The summed E-state index contributed by atoms with van der Waals surface area (Å²) in [6.07, 6.45) is -7.96. The van der Waals surface area contributed by atoms with E-state index in [0.29, 0.717) is 82.7 Å². The molecule has 5 saturated heterocycles. The van der Waals surface area contributed by atoms with E-state index in [0.717, 1.165) is 43.0 Å². The molecule has 0 saturated carbocycles. The van der Waals surface area contributed by atoms with Gasteiger partial charge in [-0.15, -0.1) is 11.3 Å². The molecule has 8 rings (SSSR count). The monoisotopic (exact) mass is 755 g/mol. The molecule has 1 unspecified atom stereocenters. The lowest BCUT2D eigenvalue weighted by Crippen LogP contribution is -2.61. The molecular weight excluding hydrogens is 712 g/mol. The molecule has 52 heavy (non-hydrogen) atoms. The molecule has 0 radical (unpaired) electrons. The van der Waals surface area contributed by atoms with E-state index < -0.39 is 53.3 Å². The first-order valence-electron chi connectivity index (χ1n) is 17.9. The third-order valence-electron chi connectivity index (χ3n) is 11.6. The van der Waals surface area contributed by atoms with Crippen LogP contribution in [0.5, 0.6) is 0 Å². The van der Waals surface area contributed by atoms with Crippen molar-refractivity contribution in [3.8, 4) is 0 Å². The number of carbonyl (C=O) groups is 3. The zero-order chi connectivity index (χ0) is 36.9. The van der Waals surface area contributed by atoms with E-state index in [1.807, 2.05) is 11.4 Å². The molecule has 1 aromatic heterocycles. The van der Waals surface area contributed by atoms with Gasteiger partial charge >= 0.3 is 18.4 Å². The number of thiophene rings is 1. The fourth-order valence-corrected chi connectivity index (χ4v) is 9.59. The first-order valence-corrected chi connectivity index (χ1v) is 18.8. The molecule has 7 heterocycles. The highest BCUT2D eigenvalue weighted by Crippen LogP contribution is 2.43. The number of piperidine rings is 4. The molecular formula is C35H43F6N7O3S. The number of amides is 4. The van der Waals surface area contributed by atoms with Gasteiger partial charge in [0.15, 0.2) is 0 Å². The predicted octanol–water partition coefficient (Wildman–Crippen LogP) is 5.19. The van der Waals surface area contributed by atoms with Crippen LogP contribution >= 0.6 is 11.3 Å². The number of anilines is 2. The molecule has 0 spiro atoms. The summed E-state index contributed by atoms with van der Waals surface area (Å²) < 4.78 is 83.5. The van der Waals surface area contributed by atoms with E-state index in [1.54, 1.807) is 26.0 Å². The van der Waals surface area contributed by atoms with E-state index in [1.165, 1.54) is 0 Å². The van der Waals surface area contributed by atoms with Crippen LogP contribution in [0.2, 0.25) is 0 Å². The first-order chi connectivity index (χ1) is 24.7. The maximum absolute atomic E-state index is 14.1. The number of benzene rings is 1. The summed E-state index contributed by atoms with van der Waals surface area (Å²) in [6, 6.07) is 3.03. The number of nitrogens with two attached hydrogens (primary N) is 1. The van der Waals surface area contributed by atoms with E-state index in [2.05, 4.69) is 15.1 Å². The number of hydrogen-bond donors (Lipinski definition) is 2. The minimum atomic E-state index is -5.17. The summed E-state index contributed by atoms with van der Waals surface area (Å²) in [5.74, 6) is -1.47. The quantitative estimate of drug-likeness (QED) is 0.298. The second-order valence-corrected chi connectivity index (χ2v) is 15.7. The molecule has 284 valence electrons. The van der Waals surface area contributed by atoms with Crippen molar-refractivity contribution in [3.05, 3.63) is 45.1 Å². The lowest BCUT2D eigenvalue weighted by Gasteiger charge is -2.51. The Morgan fingerprint density at radius 2 is 1.52 bits per heavy atom. The number of likely N-dealkylation sites (tertiary alicyclic amines) is 1. The van der Waals surface area contributed by atoms with Crippen LogP contribution in [-0.2, 0) is 34.9 Å². The molecule has 2 aromatic rings. The van der Waals surface area contributed by atoms with Crippen molar-refractivity contribution >= 4 is 40.6 Å². The average Bonchev–Trinajstić information content (AvgIpc) is 3.58. The van der Waals surface area contributed by atoms with Gasteiger partial charge in [-0.3, -0.25) is 14.5 Å². The van der Waals surface area contributed by atoms with Gasteiger partial charge in [-0.1, -0.05) is 0 Å². The maximum Gasteiger partial charge on any atom is 0.418 e. The molecule has 1 aromatic carbocycles. The number of nitrogen functional groups attached to an aromatic ring is 1. The van der Waals surface area contributed by atoms with Gasteiger partial charge in [-0.2, -0.15) is 26.3 Å². The van der Waals surface area contributed by atoms with Crippen molar-refractivity contribution in [2.75, 3.05) is 70.0 Å². The van der Waals surface area contributed by atoms with Gasteiger partial charge in [0.25, 0.3) is 0 Å². The second-order valence-electron chi connectivity index (χ2n) is 14.7. The maximum atomic E-state index is 14.1. The fourth-order valence-electron chi connectivity index (χ4n) is 8.76. The number of fused-ring (bicyclic) bond motifs is 4. The van der Waals surface area contributed by atoms with Crippen LogP contribution in [0.25, 0.3) is 0 Å². The van der Waals surface area contributed by atoms with Gasteiger partial charge in [-0.05, 0) is 80.3 Å². The number of nitrogens with zero attached hydrogens (tertiary/aromatic N) is 5. The van der Waals surface area contributed by atoms with Crippen molar-refractivity contribution in [3.63, 3.8) is 0 Å². The van der Waals surface area contributed by atoms with Crippen LogP contribution in [0.3, 0.4) is 0 Å². The third-order valence-corrected chi connectivity index (χ3v) is 12.5. The molecule has 6 aliphatic rings. The van der Waals surface area contributed by atoms with Gasteiger partial charge in [0.1, 0.15) is 0 Å². The number of piperazine rings is 1. The molecule has 10 nitrogen and oxygen atoms in total. The number of alkyl halides is 6. The van der Waals surface area contributed by atoms with Crippen molar-refractivity contribution in [2.45, 2.75) is 69.5 Å². The summed E-state index contributed by atoms with van der Waals surface area (Å²) >= 11 is 1.54. The van der Waals surface area contributed by atoms with Gasteiger partial charge in [0.2, 0.25) is 11.8 Å². The zero-order valence-corrected chi connectivity index (χ0v) is 29.5. The van der Waals surface area contributed by atoms with Crippen molar-refractivity contribution in [1.29, 1.82) is 0 Å². The van der Waals surface area contributed by atoms with E-state index >= 15 is 0 Å². The van der Waals surface area contributed by atoms with Gasteiger partial charge < -0.3 is 30.7 Å². The smallest absolute Gasteiger partial charge is 0.398 e. The predicted molar refractivity (Wildman–Crippen MR) is 182 cm³/mol. The van der Waals surface area contributed by atoms with Crippen molar-refractivity contribution in [2.24, 2.45) is 11.8 Å². The summed E-state index contributed by atoms with van der Waals surface area (Å²) in [7, 11) is 0. The Bertz CT molecular complexity index is 1630. The Hall–Kier alpha value is -3.57. The van der Waals surface area contributed by atoms with E-state index in [4.69, 9.17) is 5.73 Å². The Morgan fingerprint density at radius 3 is 2.10 bits per heavy atom. The number of halogens is 6. The summed E-state index contributed by atoms with van der Waals surface area (Å²) in [6.45, 7) is 6.11. The SMILES string of the molecule is Nc1c(C(F)(F)F)cc(C[C@@H](CC(=O)N2CCC(N3Cc4sccc4NC3=O)CC2)C(=O)N2CCN(C3CN4CCC3CC4)CC2)cc1C(F)(F)F. The van der Waals surface area contributed by atoms with Crippen molar-refractivity contribution in [1.82, 2.24) is 24.5 Å². The van der Waals surface area contributed by atoms with Crippen LogP contribution in [0.4, 0.5) is 42.5 Å². The Morgan fingerprint density at radius 1 is 0.885 bits per heavy atom. The van der Waals surface area contributed by atoms with Gasteiger partial charge in [0.05, 0.1) is 35.0 Å². The first kappa shape index (κ1) is 36.8. The average molecular weight is 756 g/mol. The Kier molecular flexibility index (Phi) is 10.1. The van der Waals surface area contributed by atoms with Crippen molar-refractivity contribution < 1.29 is 40.7 Å². The molecule has 3 N–H and O–H groups in total. The molecule has 0 aliphatic carbocycles. The highest BCUT2D eigenvalue weighted by Gasteiger charge is 2.43. The minimum absolute atomic E-state index is 0.124. The van der Waals surface area contributed by atoms with Gasteiger partial charge in [0, 0.05) is 69.2 Å². The Labute approximate surface area is 301 Å². The van der Waals surface area contributed by atoms with Crippen LogP contribution in [0.1, 0.15) is 53.7 Å². The van der Waals surface area contributed by atoms with E-state index in [9.17, 15) is 40.7 Å². The standard InChI is InChI=1S/C35H43F6N7O3S/c36-34(37,38)25-16-21(17-26(31(25)42)35(39,40)41)15-23(32(50)47-12-10-45(11-13-47)28-19-44-6-1-22(28)2-7-44)18-30(49)46-8-3-24(4-9-46)48-20-29-27(5-14-52-29)43-33(48)51/h5,14,16-17,22-24,28H,1-4,6-13,15,18-20,42H2,(H,43,51)/t23-,28?/m0/s1. The number of rotatable bonds is 7. The number of hydrogen-bond acceptors (Lipinski definition) is 7. The summed E-state index contributed by atoms with van der Waals surface area (Å²) in [5, 5.41) is 4.80. The largest absolute Gasteiger partial charge is 0.418 e. The normalized spacial score (nSPS) is 25.2. The highest BCUT2D eigenvalue weighted by molar-refractivity contribution is 7.10. The van der Waals surface area contributed by atoms with Crippen LogP contribution < -0.4 is 11.1 Å². The van der Waals surface area contributed by atoms with Crippen LogP contribution in [0, 0.1) is 11.8 Å². The number of urea groups is 1. The molecule has 4 amide bonds. The van der Waals surface area contributed by atoms with Gasteiger partial charge in [-0.25, -0.2) is 4.79 Å². The molecule has 2 atom stereocenters. The third kappa shape index (κ3) is 7.58. The summed E-state index contributed by atoms with van der Waals surface area (Å²) in [5.41, 5.74) is 1.14. The Balaban J connectivity index is 1.06. The van der Waals surface area contributed by atoms with Crippen LogP contribution in [0.15, 0.2) is 23.6 Å². The number of carbonyl (C=O) groups excluding carboxylic acids is 3. The summed E-state index contributed by atoms with van der Waals surface area (Å²) in [4.78, 5) is 51.5. The second kappa shape index (κ2) is 14.3. The number of nitrogens with one attached hydrogen (secondary N) is 1. The molecule has 17 heteroatoms. The lowest BCUT2D eigenvalue weighted by atomic mass is 9.83. The fraction of sp³-hybridized carbons (Fsp3) is 0.629. The lowest BCUT2D eigenvalue weighted by molar-refractivity contribution is -0.144. The highest BCUT2D eigenvalue weighted by atomic mass is 32.1. The topological polar surface area (TPSA) is 105 Å². The zero-order valence-electron chi connectivity index (χ0n) is 28.6.